The molecule has 1 amide bonds. The van der Waals surface area contributed by atoms with Gasteiger partial charge < -0.3 is 4.90 Å². The van der Waals surface area contributed by atoms with Crippen molar-refractivity contribution in [3.63, 3.8) is 0 Å². The summed E-state index contributed by atoms with van der Waals surface area (Å²) in [6.45, 7) is 5.73. The molecule has 3 heterocycles. The number of nitrogens with zero attached hydrogens (tertiary/aromatic N) is 3. The first-order valence-electron chi connectivity index (χ1n) is 8.14. The number of hydrogen-bond donors (Lipinski definition) is 0. The molecule has 8 heteroatoms. The summed E-state index contributed by atoms with van der Waals surface area (Å²) < 4.78 is 1.90. The van der Waals surface area contributed by atoms with Crippen LogP contribution >= 0.6 is 46.2 Å². The van der Waals surface area contributed by atoms with Crippen molar-refractivity contribution in [1.82, 2.24) is 15.1 Å². The summed E-state index contributed by atoms with van der Waals surface area (Å²) in [7, 11) is 0. The molecule has 130 valence electrons. The second-order valence-corrected chi connectivity index (χ2v) is 10.6. The van der Waals surface area contributed by atoms with Gasteiger partial charge in [0.25, 0.3) is 0 Å². The zero-order chi connectivity index (χ0) is 16.9. The lowest BCUT2D eigenvalue weighted by atomic mass is 10.1. The van der Waals surface area contributed by atoms with Crippen LogP contribution in [0, 0.1) is 0 Å². The molecule has 0 aliphatic carbocycles. The summed E-state index contributed by atoms with van der Waals surface area (Å²) >= 11 is 6.69. The van der Waals surface area contributed by atoms with Crippen molar-refractivity contribution in [3.8, 4) is 0 Å². The van der Waals surface area contributed by atoms with Crippen molar-refractivity contribution in [2.75, 3.05) is 12.3 Å². The van der Waals surface area contributed by atoms with Crippen molar-refractivity contribution >= 4 is 52.1 Å². The number of carbonyl (C=O) groups excluding carboxylic acids is 1. The van der Waals surface area contributed by atoms with Crippen LogP contribution in [0.5, 0.6) is 0 Å². The Kier molecular flexibility index (Phi) is 6.60. The summed E-state index contributed by atoms with van der Waals surface area (Å²) in [5.41, 5.74) is 1.31. The molecule has 0 aromatic carbocycles. The van der Waals surface area contributed by atoms with Gasteiger partial charge in [-0.25, -0.2) is 0 Å². The molecule has 0 fully saturated rings. The molecule has 0 bridgehead atoms. The van der Waals surface area contributed by atoms with Gasteiger partial charge in [-0.1, -0.05) is 48.2 Å². The first kappa shape index (κ1) is 18.2. The first-order chi connectivity index (χ1) is 11.7. The van der Waals surface area contributed by atoms with Crippen LogP contribution in [-0.2, 0) is 17.8 Å². The van der Waals surface area contributed by atoms with Crippen LogP contribution in [0.3, 0.4) is 0 Å². The Labute approximate surface area is 159 Å². The summed E-state index contributed by atoms with van der Waals surface area (Å²) in [4.78, 5) is 16.1. The largest absolute Gasteiger partial charge is 0.337 e. The highest BCUT2D eigenvalue weighted by molar-refractivity contribution is 8.03. The number of rotatable bonds is 7. The minimum Gasteiger partial charge on any atom is -0.337 e. The molecule has 4 nitrogen and oxygen atoms in total. The Hall–Kier alpha value is -0.570. The molecule has 1 atom stereocenters. The van der Waals surface area contributed by atoms with Gasteiger partial charge in [0.2, 0.25) is 5.91 Å². The lowest BCUT2D eigenvalue weighted by Crippen LogP contribution is -2.39. The minimum absolute atomic E-state index is 0.119. The SMILES string of the molecule is CCCCSc1nnc(SC(C)C(=O)N2CCc3sccc3C2)s1. The van der Waals surface area contributed by atoms with Crippen LogP contribution in [0.15, 0.2) is 20.1 Å². The molecule has 0 N–H and O–H groups in total. The first-order valence-corrected chi connectivity index (χ1v) is 11.7. The summed E-state index contributed by atoms with van der Waals surface area (Å²) in [5, 5.41) is 10.5. The second kappa shape index (κ2) is 8.69. The van der Waals surface area contributed by atoms with Gasteiger partial charge in [-0.2, -0.15) is 0 Å². The van der Waals surface area contributed by atoms with E-state index in [1.54, 1.807) is 34.4 Å². The third kappa shape index (κ3) is 4.53. The zero-order valence-electron chi connectivity index (χ0n) is 13.9. The van der Waals surface area contributed by atoms with E-state index in [2.05, 4.69) is 28.6 Å². The molecule has 1 aliphatic heterocycles. The molecule has 2 aromatic heterocycles. The molecule has 3 rings (SSSR count). The Balaban J connectivity index is 1.53. The Morgan fingerprint density at radius 3 is 3.08 bits per heavy atom. The summed E-state index contributed by atoms with van der Waals surface area (Å²) in [6.07, 6.45) is 3.37. The summed E-state index contributed by atoms with van der Waals surface area (Å²) in [6, 6.07) is 2.14. The average Bonchev–Trinajstić information content (AvgIpc) is 3.22. The molecule has 0 saturated heterocycles. The van der Waals surface area contributed by atoms with Crippen molar-refractivity contribution < 1.29 is 4.79 Å². The van der Waals surface area contributed by atoms with Crippen molar-refractivity contribution in [2.45, 2.75) is 53.6 Å². The Morgan fingerprint density at radius 2 is 2.25 bits per heavy atom. The van der Waals surface area contributed by atoms with E-state index >= 15 is 0 Å². The number of hydrogen-bond acceptors (Lipinski definition) is 7. The highest BCUT2D eigenvalue weighted by Crippen LogP contribution is 2.33. The molecule has 0 spiro atoms. The Morgan fingerprint density at radius 1 is 1.42 bits per heavy atom. The predicted molar refractivity (Wildman–Crippen MR) is 104 cm³/mol. The van der Waals surface area contributed by atoms with Crippen LogP contribution in [0.1, 0.15) is 37.1 Å². The number of carbonyl (C=O) groups is 1. The maximum absolute atomic E-state index is 12.7. The molecule has 0 radical (unpaired) electrons. The van der Waals surface area contributed by atoms with E-state index in [-0.39, 0.29) is 11.2 Å². The van der Waals surface area contributed by atoms with Crippen LogP contribution in [0.25, 0.3) is 0 Å². The predicted octanol–water partition coefficient (Wildman–Crippen LogP) is 4.56. The quantitative estimate of drug-likeness (QED) is 0.504. The van der Waals surface area contributed by atoms with E-state index in [1.165, 1.54) is 35.0 Å². The van der Waals surface area contributed by atoms with Gasteiger partial charge in [-0.15, -0.1) is 21.5 Å². The molecular formula is C16H21N3OS4. The monoisotopic (exact) mass is 399 g/mol. The van der Waals surface area contributed by atoms with E-state index in [4.69, 9.17) is 0 Å². The lowest BCUT2D eigenvalue weighted by Gasteiger charge is -2.28. The van der Waals surface area contributed by atoms with Gasteiger partial charge in [0.05, 0.1) is 5.25 Å². The van der Waals surface area contributed by atoms with Crippen LogP contribution in [0.4, 0.5) is 0 Å². The molecule has 1 aliphatic rings. The lowest BCUT2D eigenvalue weighted by molar-refractivity contribution is -0.131. The number of aromatic nitrogens is 2. The second-order valence-electron chi connectivity index (χ2n) is 5.67. The Bertz CT molecular complexity index is 684. The van der Waals surface area contributed by atoms with Gasteiger partial charge >= 0.3 is 0 Å². The van der Waals surface area contributed by atoms with Crippen molar-refractivity contribution in [1.29, 1.82) is 0 Å². The van der Waals surface area contributed by atoms with E-state index in [1.807, 2.05) is 11.8 Å². The molecular weight excluding hydrogens is 378 g/mol. The maximum Gasteiger partial charge on any atom is 0.236 e. The van der Waals surface area contributed by atoms with Crippen molar-refractivity contribution in [3.05, 3.63) is 21.9 Å². The van der Waals surface area contributed by atoms with Gasteiger partial charge in [0, 0.05) is 23.7 Å². The van der Waals surface area contributed by atoms with Crippen LogP contribution in [-0.4, -0.2) is 38.6 Å². The normalized spacial score (nSPS) is 15.3. The number of thiophene rings is 1. The van der Waals surface area contributed by atoms with Crippen LogP contribution in [0.2, 0.25) is 0 Å². The van der Waals surface area contributed by atoms with Crippen LogP contribution < -0.4 is 0 Å². The van der Waals surface area contributed by atoms with Gasteiger partial charge in [0.1, 0.15) is 0 Å². The smallest absolute Gasteiger partial charge is 0.236 e. The molecule has 2 aromatic rings. The maximum atomic E-state index is 12.7. The number of unbranched alkanes of at least 4 members (excludes halogenated alkanes) is 1. The van der Waals surface area contributed by atoms with E-state index in [0.29, 0.717) is 0 Å². The van der Waals surface area contributed by atoms with Crippen molar-refractivity contribution in [2.24, 2.45) is 0 Å². The standard InChI is InChI=1S/C16H21N3OS4/c1-3-4-8-22-15-17-18-16(24-15)23-11(2)14(20)19-7-5-13-12(10-19)6-9-21-13/h6,9,11H,3-5,7-8,10H2,1-2H3. The third-order valence-electron chi connectivity index (χ3n) is 3.86. The third-order valence-corrected chi connectivity index (χ3v) is 8.19. The van der Waals surface area contributed by atoms with E-state index in [9.17, 15) is 4.79 Å². The topological polar surface area (TPSA) is 46.1 Å². The number of fused-ring (bicyclic) bond motifs is 1. The molecule has 24 heavy (non-hydrogen) atoms. The number of amides is 1. The fourth-order valence-corrected chi connectivity index (χ4v) is 6.79. The highest BCUT2D eigenvalue weighted by atomic mass is 32.2. The van der Waals surface area contributed by atoms with E-state index in [0.717, 1.165) is 33.9 Å². The van der Waals surface area contributed by atoms with Gasteiger partial charge in [-0.05, 0) is 36.8 Å². The fraction of sp³-hybridized carbons (Fsp3) is 0.562. The fourth-order valence-electron chi connectivity index (χ4n) is 2.50. The van der Waals surface area contributed by atoms with Gasteiger partial charge in [0.15, 0.2) is 8.68 Å². The number of thioether (sulfide) groups is 2. The average molecular weight is 400 g/mol. The minimum atomic E-state index is -0.119. The highest BCUT2D eigenvalue weighted by Gasteiger charge is 2.26. The summed E-state index contributed by atoms with van der Waals surface area (Å²) in [5.74, 6) is 1.29. The molecule has 1 unspecified atom stereocenters. The van der Waals surface area contributed by atoms with E-state index < -0.39 is 0 Å². The van der Waals surface area contributed by atoms with Gasteiger partial charge in [-0.3, -0.25) is 4.79 Å². The molecule has 0 saturated carbocycles. The zero-order valence-corrected chi connectivity index (χ0v) is 17.1.